The Labute approximate surface area is 115 Å². The summed E-state index contributed by atoms with van der Waals surface area (Å²) in [7, 11) is 0. The van der Waals surface area contributed by atoms with Crippen LogP contribution in [0.5, 0.6) is 0 Å². The van der Waals surface area contributed by atoms with E-state index in [9.17, 15) is 0 Å². The summed E-state index contributed by atoms with van der Waals surface area (Å²) in [5, 5.41) is 3.65. The van der Waals surface area contributed by atoms with Crippen LogP contribution in [0.25, 0.3) is 5.57 Å². The van der Waals surface area contributed by atoms with Crippen molar-refractivity contribution in [2.24, 2.45) is 4.99 Å². The molecule has 1 N–H and O–H groups in total. The molecule has 1 aromatic carbocycles. The second kappa shape index (κ2) is 4.16. The Kier molecular flexibility index (Phi) is 2.77. The number of benzene rings is 1. The van der Waals surface area contributed by atoms with E-state index in [1.165, 1.54) is 36.1 Å². The summed E-state index contributed by atoms with van der Waals surface area (Å²) in [6.07, 6.45) is 3.73. The number of rotatable bonds is 0. The average molecular weight is 218 g/mol. The van der Waals surface area contributed by atoms with Crippen LogP contribution >= 0.6 is 0 Å². The van der Waals surface area contributed by atoms with Crippen LogP contribution in [0.1, 0.15) is 37.7 Å². The van der Waals surface area contributed by atoms with Crippen LogP contribution in [0.2, 0.25) is 0 Å². The molecule has 3 heteroatoms. The second-order valence-corrected chi connectivity index (χ2v) is 4.96. The molecule has 17 heavy (non-hydrogen) atoms. The van der Waals surface area contributed by atoms with Gasteiger partial charge in [0.2, 0.25) is 0 Å². The summed E-state index contributed by atoms with van der Waals surface area (Å²) in [5.41, 5.74) is 5.36. The van der Waals surface area contributed by atoms with Gasteiger partial charge in [0.1, 0.15) is 0 Å². The Hall–Kier alpha value is -0.773. The normalized spacial score (nSPS) is 27.9. The molecule has 2 atom stereocenters. The molecule has 1 saturated heterocycles. The Morgan fingerprint density at radius 3 is 3.29 bits per heavy atom. The molecule has 0 spiro atoms. The van der Waals surface area contributed by atoms with E-state index >= 15 is 0 Å². The van der Waals surface area contributed by atoms with E-state index < -0.39 is 0 Å². The van der Waals surface area contributed by atoms with Gasteiger partial charge < -0.3 is 6.74 Å². The molecule has 2 heterocycles. The number of aliphatic imine (C=N–C) groups is 1. The molecule has 1 fully saturated rings. The quantitative estimate of drug-likeness (QED) is 0.596. The van der Waals surface area contributed by atoms with Gasteiger partial charge in [0.25, 0.3) is 0 Å². The van der Waals surface area contributed by atoms with Crippen LogP contribution in [-0.4, -0.2) is 18.5 Å². The molecule has 82 valence electrons. The van der Waals surface area contributed by atoms with Crippen LogP contribution < -0.4 is 24.2 Å². The first kappa shape index (κ1) is 11.3. The first-order chi connectivity index (χ1) is 7.93. The van der Waals surface area contributed by atoms with Crippen molar-refractivity contribution in [2.75, 3.05) is 6.54 Å². The van der Waals surface area contributed by atoms with Crippen molar-refractivity contribution >= 4 is 17.1 Å². The molecule has 4 rings (SSSR count). The number of nitrogens with one attached hydrogen (secondary N) is 1. The monoisotopic (exact) mass is 218 g/mol. The number of fused-ring (bicyclic) bond motifs is 2. The molecule has 1 aromatic rings. The van der Waals surface area contributed by atoms with Gasteiger partial charge in [0, 0.05) is 23.1 Å². The number of hydrogen-bond acceptors (Lipinski definition) is 2. The largest absolute Gasteiger partial charge is 1.00 e. The van der Waals surface area contributed by atoms with Crippen LogP contribution in [0.4, 0.5) is 5.69 Å². The second-order valence-electron chi connectivity index (χ2n) is 4.96. The number of nitrogens with zero attached hydrogens (tertiary/aromatic N) is 1. The third-order valence-corrected chi connectivity index (χ3v) is 4.10. The first-order valence-electron chi connectivity index (χ1n) is 6.13. The van der Waals surface area contributed by atoms with Crippen LogP contribution in [-0.2, 0) is 0 Å². The Bertz CT molecular complexity index is 535. The minimum atomic E-state index is 0. The smallest absolute Gasteiger partial charge is 1.00 e. The van der Waals surface area contributed by atoms with E-state index in [1.54, 1.807) is 0 Å². The van der Waals surface area contributed by atoms with Gasteiger partial charge in [-0.3, -0.25) is 0 Å². The maximum absolute atomic E-state index is 4.40. The molecule has 3 aliphatic rings. The van der Waals surface area contributed by atoms with E-state index in [1.807, 2.05) is 0 Å². The van der Waals surface area contributed by atoms with Gasteiger partial charge >= 0.3 is 18.9 Å². The summed E-state index contributed by atoms with van der Waals surface area (Å²) in [6.45, 7) is 1.17. The van der Waals surface area contributed by atoms with E-state index in [-0.39, 0.29) is 20.3 Å². The maximum Gasteiger partial charge on any atom is 1.00 e. The first-order valence-corrected chi connectivity index (χ1v) is 6.13. The zero-order chi connectivity index (χ0) is 10.5. The molecule has 0 radical (unpaired) electrons. The summed E-state index contributed by atoms with van der Waals surface area (Å²) in [5.74, 6) is 3.90. The molecule has 1 aliphatic carbocycles. The fourth-order valence-corrected chi connectivity index (χ4v) is 3.38. The predicted octanol–water partition coefficient (Wildman–Crippen LogP) is -0.259. The van der Waals surface area contributed by atoms with Crippen molar-refractivity contribution in [2.45, 2.75) is 31.2 Å². The van der Waals surface area contributed by atoms with Gasteiger partial charge in [-0.25, -0.2) is 4.99 Å². The van der Waals surface area contributed by atoms with Crippen LogP contribution in [0.15, 0.2) is 23.2 Å². The summed E-state index contributed by atoms with van der Waals surface area (Å²) < 4.78 is 0. The van der Waals surface area contributed by atoms with Crippen molar-refractivity contribution in [3.05, 3.63) is 29.3 Å². The van der Waals surface area contributed by atoms with E-state index in [0.29, 0.717) is 12.0 Å². The predicted molar refractivity (Wildman–Crippen MR) is 66.4 cm³/mol. The fraction of sp³-hybridized carbons (Fsp3) is 0.429. The third kappa shape index (κ3) is 1.57. The summed E-state index contributed by atoms with van der Waals surface area (Å²) >= 11 is 0. The minimum Gasteiger partial charge on any atom is -1.00 e. The van der Waals surface area contributed by atoms with E-state index in [2.05, 4.69) is 34.4 Å². The van der Waals surface area contributed by atoms with Crippen molar-refractivity contribution in [1.29, 1.82) is 0 Å². The molecular formula is C14H15LiN2. The Morgan fingerprint density at radius 1 is 1.41 bits per heavy atom. The van der Waals surface area contributed by atoms with Gasteiger partial charge in [0.05, 0.1) is 5.69 Å². The number of hydrogen-bond donors (Lipinski definition) is 1. The molecule has 0 bridgehead atoms. The van der Waals surface area contributed by atoms with E-state index in [0.717, 1.165) is 12.1 Å². The molecule has 2 aliphatic heterocycles. The standard InChI is InChI=1S/C14H14N2.Li.H/c1-3-11-10-4-2-6-15-13(10)7-9-8-16-12(5-1)14(9)11;;/h1,3,5,10,13,15H,2,4,6-7H2;;/q;+1;-1/t10-,13-;;/m1../s1. The Balaban J connectivity index is 0.000000602. The average Bonchev–Trinajstić information content (AvgIpc) is 2.75. The van der Waals surface area contributed by atoms with Crippen molar-refractivity contribution < 1.29 is 20.3 Å². The molecule has 0 unspecified atom stereocenters. The zero-order valence-electron chi connectivity index (χ0n) is 11.2. The Morgan fingerprint density at radius 2 is 2.35 bits per heavy atom. The molecule has 0 saturated carbocycles. The van der Waals surface area contributed by atoms with Gasteiger partial charge in [-0.1, -0.05) is 12.1 Å². The van der Waals surface area contributed by atoms with Crippen LogP contribution in [0.3, 0.4) is 0 Å². The summed E-state index contributed by atoms with van der Waals surface area (Å²) in [4.78, 5) is 4.40. The van der Waals surface area contributed by atoms with Crippen molar-refractivity contribution in [3.8, 4) is 0 Å². The molecular weight excluding hydrogens is 203 g/mol. The number of piperidine rings is 1. The topological polar surface area (TPSA) is 24.4 Å². The molecule has 2 nitrogen and oxygen atoms in total. The molecule has 0 aromatic heterocycles. The van der Waals surface area contributed by atoms with Gasteiger partial charge in [-0.2, -0.15) is 0 Å². The van der Waals surface area contributed by atoms with Crippen molar-refractivity contribution in [1.82, 2.24) is 5.32 Å². The maximum atomic E-state index is 4.40. The fourth-order valence-electron chi connectivity index (χ4n) is 3.38. The van der Waals surface area contributed by atoms with Crippen LogP contribution in [0, 0.1) is 0 Å². The van der Waals surface area contributed by atoms with Gasteiger partial charge in [-0.15, -0.1) is 0 Å². The minimum absolute atomic E-state index is 0. The van der Waals surface area contributed by atoms with Gasteiger partial charge in [0.15, 0.2) is 0 Å². The molecule has 0 amide bonds. The summed E-state index contributed by atoms with van der Waals surface area (Å²) in [6, 6.07) is 7.15. The SMILES string of the molecule is C1=Nc2cccc3c2C=1C[C@H]1NCCC[C@H]31.[H-].[Li+]. The third-order valence-electron chi connectivity index (χ3n) is 4.10. The van der Waals surface area contributed by atoms with E-state index in [4.69, 9.17) is 0 Å². The van der Waals surface area contributed by atoms with Crippen molar-refractivity contribution in [3.63, 3.8) is 0 Å². The van der Waals surface area contributed by atoms with Gasteiger partial charge in [-0.05, 0) is 43.3 Å². The zero-order valence-corrected chi connectivity index (χ0v) is 10.2.